The summed E-state index contributed by atoms with van der Waals surface area (Å²) in [6.07, 6.45) is -2.77. The molecule has 1 aliphatic rings. The summed E-state index contributed by atoms with van der Waals surface area (Å²) in [7, 11) is 0. The molecule has 0 radical (unpaired) electrons. The standard InChI is InChI=1S/C12H15F2N3O4.2ClH/c13-12(14)10(16-3-1-15-2-4-16)7-5-8(17(20)21)11(19)9(18)6-7;;/h5-6,10,12,15,18-19H,1-4H2;2*1H/t10-;;/m0../s1. The van der Waals surface area contributed by atoms with E-state index < -0.39 is 34.6 Å². The van der Waals surface area contributed by atoms with Crippen molar-refractivity contribution < 1.29 is 23.9 Å². The van der Waals surface area contributed by atoms with Crippen LogP contribution in [-0.4, -0.2) is 52.6 Å². The Hall–Kier alpha value is -1.42. The molecule has 0 aliphatic carbocycles. The summed E-state index contributed by atoms with van der Waals surface area (Å²) in [4.78, 5) is 11.4. The molecule has 3 N–H and O–H groups in total. The van der Waals surface area contributed by atoms with Gasteiger partial charge in [-0.3, -0.25) is 15.0 Å². The molecule has 1 aliphatic heterocycles. The smallest absolute Gasteiger partial charge is 0.314 e. The van der Waals surface area contributed by atoms with Gasteiger partial charge >= 0.3 is 5.69 Å². The Morgan fingerprint density at radius 3 is 2.26 bits per heavy atom. The average molecular weight is 376 g/mol. The summed E-state index contributed by atoms with van der Waals surface area (Å²) in [6, 6.07) is 0.465. The van der Waals surface area contributed by atoms with Crippen molar-refractivity contribution in [2.75, 3.05) is 26.2 Å². The Kier molecular flexibility index (Phi) is 8.46. The van der Waals surface area contributed by atoms with Crippen LogP contribution >= 0.6 is 24.8 Å². The molecule has 7 nitrogen and oxygen atoms in total. The van der Waals surface area contributed by atoms with Crippen molar-refractivity contribution in [3.63, 3.8) is 0 Å². The number of nitro benzene ring substituents is 1. The first kappa shape index (κ1) is 21.6. The third kappa shape index (κ3) is 4.77. The zero-order valence-electron chi connectivity index (χ0n) is 11.8. The van der Waals surface area contributed by atoms with E-state index in [1.807, 2.05) is 0 Å². The zero-order chi connectivity index (χ0) is 15.6. The molecule has 0 aromatic heterocycles. The molecular formula is C12H17Cl2F2N3O4. The fourth-order valence-corrected chi connectivity index (χ4v) is 2.41. The average Bonchev–Trinajstić information content (AvgIpc) is 2.43. The maximum absolute atomic E-state index is 13.4. The number of benzene rings is 1. The maximum Gasteiger partial charge on any atom is 0.314 e. The third-order valence-corrected chi connectivity index (χ3v) is 3.41. The molecule has 0 saturated carbocycles. The number of aromatic hydroxyl groups is 2. The van der Waals surface area contributed by atoms with Gasteiger partial charge in [-0.1, -0.05) is 0 Å². The van der Waals surface area contributed by atoms with Crippen molar-refractivity contribution in [1.82, 2.24) is 10.2 Å². The number of piperazine rings is 1. The molecule has 1 saturated heterocycles. The van der Waals surface area contributed by atoms with Crippen LogP contribution in [0.5, 0.6) is 11.5 Å². The van der Waals surface area contributed by atoms with E-state index in [0.29, 0.717) is 26.2 Å². The van der Waals surface area contributed by atoms with E-state index in [0.717, 1.165) is 12.1 Å². The van der Waals surface area contributed by atoms with Crippen molar-refractivity contribution in [3.05, 3.63) is 27.8 Å². The van der Waals surface area contributed by atoms with E-state index in [1.165, 1.54) is 4.90 Å². The quantitative estimate of drug-likeness (QED) is 0.423. The second kappa shape index (κ2) is 9.02. The minimum Gasteiger partial charge on any atom is -0.504 e. The normalized spacial score (nSPS) is 16.3. The van der Waals surface area contributed by atoms with Crippen LogP contribution in [0.2, 0.25) is 0 Å². The Labute approximate surface area is 143 Å². The van der Waals surface area contributed by atoms with Crippen LogP contribution in [0.15, 0.2) is 12.1 Å². The van der Waals surface area contributed by atoms with Gasteiger partial charge in [-0.25, -0.2) is 8.78 Å². The number of halogens is 4. The lowest BCUT2D eigenvalue weighted by molar-refractivity contribution is -0.386. The Balaban J connectivity index is 0.00000242. The van der Waals surface area contributed by atoms with E-state index in [9.17, 15) is 29.1 Å². The molecule has 1 aromatic carbocycles. The molecule has 1 aromatic rings. The van der Waals surface area contributed by atoms with Gasteiger partial charge in [0.25, 0.3) is 6.43 Å². The molecule has 0 unspecified atom stereocenters. The fraction of sp³-hybridized carbons (Fsp3) is 0.500. The topological polar surface area (TPSA) is 98.9 Å². The molecule has 0 spiro atoms. The number of nitrogens with zero attached hydrogens (tertiary/aromatic N) is 2. The van der Waals surface area contributed by atoms with Gasteiger partial charge in [0.05, 0.1) is 11.0 Å². The van der Waals surface area contributed by atoms with Crippen molar-refractivity contribution in [2.45, 2.75) is 12.5 Å². The monoisotopic (exact) mass is 375 g/mol. The summed E-state index contributed by atoms with van der Waals surface area (Å²) in [5.41, 5.74) is -0.875. The molecule has 132 valence electrons. The Morgan fingerprint density at radius 2 is 1.78 bits per heavy atom. The van der Waals surface area contributed by atoms with Crippen LogP contribution in [0.25, 0.3) is 0 Å². The molecule has 11 heteroatoms. The molecule has 1 atom stereocenters. The van der Waals surface area contributed by atoms with Gasteiger partial charge < -0.3 is 15.5 Å². The second-order valence-corrected chi connectivity index (χ2v) is 4.73. The lowest BCUT2D eigenvalue weighted by atomic mass is 10.0. The van der Waals surface area contributed by atoms with E-state index in [2.05, 4.69) is 5.32 Å². The highest BCUT2D eigenvalue weighted by Crippen LogP contribution is 2.40. The van der Waals surface area contributed by atoms with Crippen LogP contribution < -0.4 is 5.32 Å². The Morgan fingerprint density at radius 1 is 1.22 bits per heavy atom. The molecule has 1 fully saturated rings. The van der Waals surface area contributed by atoms with Crippen LogP contribution in [0.3, 0.4) is 0 Å². The van der Waals surface area contributed by atoms with Crippen LogP contribution in [-0.2, 0) is 0 Å². The molecule has 1 heterocycles. The number of phenolic OH excluding ortho intramolecular Hbond substituents is 2. The number of nitrogens with one attached hydrogen (secondary N) is 1. The number of rotatable bonds is 4. The largest absolute Gasteiger partial charge is 0.504 e. The minimum atomic E-state index is -2.77. The van der Waals surface area contributed by atoms with Gasteiger partial charge in [0, 0.05) is 32.2 Å². The highest BCUT2D eigenvalue weighted by molar-refractivity contribution is 5.85. The number of hydrogen-bond donors (Lipinski definition) is 3. The van der Waals surface area contributed by atoms with Gasteiger partial charge in [-0.2, -0.15) is 0 Å². The van der Waals surface area contributed by atoms with Crippen LogP contribution in [0, 0.1) is 10.1 Å². The van der Waals surface area contributed by atoms with Crippen molar-refractivity contribution in [2.24, 2.45) is 0 Å². The summed E-state index contributed by atoms with van der Waals surface area (Å²) in [5, 5.41) is 32.8. The molecule has 0 amide bonds. The fourth-order valence-electron chi connectivity index (χ4n) is 2.41. The molecule has 0 bridgehead atoms. The minimum absolute atomic E-state index is 0. The first-order valence-electron chi connectivity index (χ1n) is 6.35. The molecule has 2 rings (SSSR count). The lowest BCUT2D eigenvalue weighted by Crippen LogP contribution is -2.46. The number of alkyl halides is 2. The van der Waals surface area contributed by atoms with Gasteiger partial charge in [-0.15, -0.1) is 24.8 Å². The van der Waals surface area contributed by atoms with Crippen LogP contribution in [0.4, 0.5) is 14.5 Å². The van der Waals surface area contributed by atoms with Crippen LogP contribution in [0.1, 0.15) is 11.6 Å². The van der Waals surface area contributed by atoms with Gasteiger partial charge in [0.15, 0.2) is 5.75 Å². The predicted octanol–water partition coefficient (Wildman–Crippen LogP) is 2.06. The summed E-state index contributed by atoms with van der Waals surface area (Å²) < 4.78 is 26.7. The predicted molar refractivity (Wildman–Crippen MR) is 84.1 cm³/mol. The Bertz CT molecular complexity index is 545. The molecular weight excluding hydrogens is 359 g/mol. The first-order chi connectivity index (χ1) is 9.91. The van der Waals surface area contributed by atoms with Crippen molar-refractivity contribution in [1.29, 1.82) is 0 Å². The van der Waals surface area contributed by atoms with Gasteiger partial charge in [0.2, 0.25) is 5.75 Å². The van der Waals surface area contributed by atoms with Gasteiger partial charge in [0.1, 0.15) is 0 Å². The zero-order valence-corrected chi connectivity index (χ0v) is 13.4. The maximum atomic E-state index is 13.4. The summed E-state index contributed by atoms with van der Waals surface area (Å²) in [6.45, 7) is 1.81. The lowest BCUT2D eigenvalue weighted by Gasteiger charge is -2.34. The second-order valence-electron chi connectivity index (χ2n) is 4.73. The van der Waals surface area contributed by atoms with Crippen molar-refractivity contribution in [3.8, 4) is 11.5 Å². The van der Waals surface area contributed by atoms with E-state index in [1.54, 1.807) is 0 Å². The highest BCUT2D eigenvalue weighted by atomic mass is 35.5. The number of hydrogen-bond acceptors (Lipinski definition) is 6. The van der Waals surface area contributed by atoms with E-state index in [-0.39, 0.29) is 30.4 Å². The number of nitro groups is 1. The van der Waals surface area contributed by atoms with Crippen molar-refractivity contribution >= 4 is 30.5 Å². The highest BCUT2D eigenvalue weighted by Gasteiger charge is 2.33. The third-order valence-electron chi connectivity index (χ3n) is 3.41. The SMILES string of the molecule is Cl.Cl.O=[N+]([O-])c1cc([C@@H](C(F)F)N2CCNCC2)cc(O)c1O. The molecule has 23 heavy (non-hydrogen) atoms. The van der Waals surface area contributed by atoms with E-state index >= 15 is 0 Å². The number of phenols is 2. The summed E-state index contributed by atoms with van der Waals surface area (Å²) in [5.74, 6) is -1.70. The summed E-state index contributed by atoms with van der Waals surface area (Å²) >= 11 is 0. The van der Waals surface area contributed by atoms with Gasteiger partial charge in [-0.05, 0) is 11.6 Å². The van der Waals surface area contributed by atoms with E-state index in [4.69, 9.17) is 0 Å². The first-order valence-corrected chi connectivity index (χ1v) is 6.35.